The molecule has 4 rings (SSSR count). The van der Waals surface area contributed by atoms with Crippen LogP contribution in [0.4, 0.5) is 5.69 Å². The summed E-state index contributed by atoms with van der Waals surface area (Å²) in [6, 6.07) is 18.0. The lowest BCUT2D eigenvalue weighted by Gasteiger charge is -2.11. The van der Waals surface area contributed by atoms with Crippen molar-refractivity contribution in [3.05, 3.63) is 97.0 Å². The van der Waals surface area contributed by atoms with Gasteiger partial charge in [0, 0.05) is 23.2 Å². The first kappa shape index (κ1) is 24.2. The molecule has 1 amide bonds. The van der Waals surface area contributed by atoms with Gasteiger partial charge in [-0.15, -0.1) is 0 Å². The monoisotopic (exact) mass is 602 g/mol. The number of anilines is 1. The predicted molar refractivity (Wildman–Crippen MR) is 139 cm³/mol. The van der Waals surface area contributed by atoms with Gasteiger partial charge in [-0.1, -0.05) is 23.7 Å². The van der Waals surface area contributed by atoms with Crippen molar-refractivity contribution < 1.29 is 19.1 Å². The van der Waals surface area contributed by atoms with Crippen LogP contribution < -0.4 is 10.1 Å². The molecule has 0 bridgehead atoms. The van der Waals surface area contributed by atoms with Gasteiger partial charge >= 0.3 is 5.97 Å². The van der Waals surface area contributed by atoms with Gasteiger partial charge < -0.3 is 14.8 Å². The Kier molecular flexibility index (Phi) is 7.50. The summed E-state index contributed by atoms with van der Waals surface area (Å²) < 4.78 is 12.7. The number of esters is 1. The molecule has 0 atom stereocenters. The van der Waals surface area contributed by atoms with E-state index >= 15 is 0 Å². The van der Waals surface area contributed by atoms with Crippen molar-refractivity contribution in [3.8, 4) is 5.75 Å². The smallest absolute Gasteiger partial charge is 0.363 e. The molecule has 6 nitrogen and oxygen atoms in total. The van der Waals surface area contributed by atoms with Crippen LogP contribution in [0.15, 0.2) is 80.3 Å². The maximum absolute atomic E-state index is 12.4. The minimum Gasteiger partial charge on any atom is -0.487 e. The van der Waals surface area contributed by atoms with Gasteiger partial charge in [0.1, 0.15) is 12.4 Å². The van der Waals surface area contributed by atoms with Crippen molar-refractivity contribution in [2.75, 3.05) is 5.32 Å². The number of ether oxygens (including phenoxy) is 2. The fourth-order valence-corrected chi connectivity index (χ4v) is 4.70. The summed E-state index contributed by atoms with van der Waals surface area (Å²) in [6.45, 7) is 1.80. The number of benzene rings is 3. The first-order chi connectivity index (χ1) is 16.3. The van der Waals surface area contributed by atoms with E-state index in [2.05, 4.69) is 42.2 Å². The summed E-state index contributed by atoms with van der Waals surface area (Å²) >= 11 is 13.0. The van der Waals surface area contributed by atoms with E-state index in [-0.39, 0.29) is 17.5 Å². The fraction of sp³-hybridized carbons (Fsp3) is 0.0800. The number of carbonyl (C=O) groups is 2. The Hall–Kier alpha value is -2.94. The van der Waals surface area contributed by atoms with E-state index in [0.29, 0.717) is 37.6 Å². The lowest BCUT2D eigenvalue weighted by Crippen LogP contribution is -2.07. The van der Waals surface area contributed by atoms with Gasteiger partial charge in [-0.3, -0.25) is 4.79 Å². The first-order valence-electron chi connectivity index (χ1n) is 10.1. The number of halogens is 3. The Labute approximate surface area is 217 Å². The third-order valence-corrected chi connectivity index (χ3v) is 6.12. The summed E-state index contributed by atoms with van der Waals surface area (Å²) in [5.74, 6) is 0.124. The first-order valence-corrected chi connectivity index (χ1v) is 12.0. The Bertz CT molecular complexity index is 1300. The average molecular weight is 605 g/mol. The normalized spacial score (nSPS) is 14.1. The maximum atomic E-state index is 12.4. The second-order valence-electron chi connectivity index (χ2n) is 7.32. The van der Waals surface area contributed by atoms with Gasteiger partial charge in [-0.05, 0) is 97.6 Å². The number of aliphatic imine (C=N–C) groups is 1. The van der Waals surface area contributed by atoms with E-state index in [4.69, 9.17) is 21.1 Å². The Balaban J connectivity index is 1.51. The molecule has 172 valence electrons. The van der Waals surface area contributed by atoms with E-state index in [1.54, 1.807) is 30.3 Å². The van der Waals surface area contributed by atoms with Crippen molar-refractivity contribution in [3.63, 3.8) is 0 Å². The van der Waals surface area contributed by atoms with Crippen LogP contribution in [0.5, 0.6) is 5.75 Å². The molecule has 0 aliphatic carbocycles. The number of hydrogen-bond donors (Lipinski definition) is 1. The largest absolute Gasteiger partial charge is 0.487 e. The van der Waals surface area contributed by atoms with Crippen LogP contribution >= 0.6 is 43.5 Å². The number of amides is 1. The summed E-state index contributed by atoms with van der Waals surface area (Å²) in [5.41, 5.74) is 3.16. The molecule has 34 heavy (non-hydrogen) atoms. The SMILES string of the molecule is CC(=O)Nc1ccc(C2=N/C(=C\c3cc(Br)c(OCc4ccc(Cl)cc4)c(Br)c3)C(=O)O2)cc1. The summed E-state index contributed by atoms with van der Waals surface area (Å²) in [7, 11) is 0. The number of nitrogens with one attached hydrogen (secondary N) is 1. The molecule has 0 fully saturated rings. The highest BCUT2D eigenvalue weighted by Crippen LogP contribution is 2.36. The quantitative estimate of drug-likeness (QED) is 0.250. The van der Waals surface area contributed by atoms with Gasteiger partial charge in [-0.25, -0.2) is 9.79 Å². The molecule has 0 radical (unpaired) electrons. The Morgan fingerprint density at radius 2 is 1.74 bits per heavy atom. The van der Waals surface area contributed by atoms with Gasteiger partial charge in [0.25, 0.3) is 0 Å². The topological polar surface area (TPSA) is 77.0 Å². The van der Waals surface area contributed by atoms with Crippen LogP contribution in [0.3, 0.4) is 0 Å². The molecule has 1 N–H and O–H groups in total. The zero-order valence-electron chi connectivity index (χ0n) is 17.8. The zero-order chi connectivity index (χ0) is 24.2. The average Bonchev–Trinajstić information content (AvgIpc) is 3.14. The molecule has 9 heteroatoms. The van der Waals surface area contributed by atoms with Gasteiger partial charge in [0.05, 0.1) is 8.95 Å². The van der Waals surface area contributed by atoms with Crippen LogP contribution in [0, 0.1) is 0 Å². The van der Waals surface area contributed by atoms with Crippen LogP contribution in [0.2, 0.25) is 5.02 Å². The molecule has 1 aliphatic rings. The molecule has 1 aliphatic heterocycles. The Morgan fingerprint density at radius 1 is 1.09 bits per heavy atom. The van der Waals surface area contributed by atoms with Crippen molar-refractivity contribution in [2.45, 2.75) is 13.5 Å². The third kappa shape index (κ3) is 5.94. The van der Waals surface area contributed by atoms with E-state index < -0.39 is 5.97 Å². The minimum absolute atomic E-state index is 0.165. The highest BCUT2D eigenvalue weighted by molar-refractivity contribution is 9.11. The lowest BCUT2D eigenvalue weighted by molar-refractivity contribution is -0.129. The summed E-state index contributed by atoms with van der Waals surface area (Å²) in [4.78, 5) is 27.9. The minimum atomic E-state index is -0.545. The van der Waals surface area contributed by atoms with Crippen molar-refractivity contribution in [2.24, 2.45) is 4.99 Å². The zero-order valence-corrected chi connectivity index (χ0v) is 21.7. The number of carbonyl (C=O) groups excluding carboxylic acids is 2. The van der Waals surface area contributed by atoms with Crippen LogP contribution in [0.1, 0.15) is 23.6 Å². The summed E-state index contributed by atoms with van der Waals surface area (Å²) in [5, 5.41) is 3.35. The van der Waals surface area contributed by atoms with Crippen LogP contribution in [-0.4, -0.2) is 17.8 Å². The van der Waals surface area contributed by atoms with Crippen molar-refractivity contribution >= 4 is 73.0 Å². The van der Waals surface area contributed by atoms with Crippen molar-refractivity contribution in [1.29, 1.82) is 0 Å². The highest BCUT2D eigenvalue weighted by atomic mass is 79.9. The molecule has 1 heterocycles. The fourth-order valence-electron chi connectivity index (χ4n) is 3.13. The summed E-state index contributed by atoms with van der Waals surface area (Å²) in [6.07, 6.45) is 1.64. The molecule has 0 aromatic heterocycles. The second kappa shape index (κ2) is 10.5. The third-order valence-electron chi connectivity index (χ3n) is 4.69. The number of rotatable bonds is 6. The van der Waals surface area contributed by atoms with E-state index in [1.165, 1.54) is 6.92 Å². The van der Waals surface area contributed by atoms with Gasteiger partial charge in [0.2, 0.25) is 11.8 Å². The maximum Gasteiger partial charge on any atom is 0.363 e. The van der Waals surface area contributed by atoms with Gasteiger partial charge in [-0.2, -0.15) is 0 Å². The number of cyclic esters (lactones) is 1. The molecule has 0 saturated carbocycles. The second-order valence-corrected chi connectivity index (χ2v) is 9.47. The highest BCUT2D eigenvalue weighted by Gasteiger charge is 2.24. The molecule has 3 aromatic carbocycles. The number of hydrogen-bond acceptors (Lipinski definition) is 5. The molecule has 3 aromatic rings. The predicted octanol–water partition coefficient (Wildman–Crippen LogP) is 6.75. The molecule has 0 spiro atoms. The molecule has 0 saturated heterocycles. The molecular formula is C25H17Br2ClN2O4. The molecule has 0 unspecified atom stereocenters. The standard InChI is InChI=1S/C25H17Br2ClN2O4/c1-14(31)29-19-8-4-17(5-9-19)24-30-22(25(32)34-24)12-16-10-20(26)23(21(27)11-16)33-13-15-2-6-18(28)7-3-15/h2-12H,13H2,1H3,(H,29,31)/b22-12-. The van der Waals surface area contributed by atoms with E-state index in [1.807, 2.05) is 36.4 Å². The lowest BCUT2D eigenvalue weighted by atomic mass is 10.2. The van der Waals surface area contributed by atoms with E-state index in [0.717, 1.165) is 11.1 Å². The van der Waals surface area contributed by atoms with Gasteiger partial charge in [0.15, 0.2) is 5.70 Å². The van der Waals surface area contributed by atoms with Crippen molar-refractivity contribution in [1.82, 2.24) is 0 Å². The van der Waals surface area contributed by atoms with E-state index in [9.17, 15) is 9.59 Å². The number of nitrogens with zero attached hydrogens (tertiary/aromatic N) is 1. The van der Waals surface area contributed by atoms with Crippen LogP contribution in [-0.2, 0) is 20.9 Å². The molecular weight excluding hydrogens is 588 g/mol. The Morgan fingerprint density at radius 3 is 2.35 bits per heavy atom. The van der Waals surface area contributed by atoms with Crippen LogP contribution in [0.25, 0.3) is 6.08 Å².